The molecule has 1 aromatic rings. The Labute approximate surface area is 165 Å². The smallest absolute Gasteiger partial charge is 0.224 e. The molecule has 8 heteroatoms. The molecule has 1 amide bonds. The summed E-state index contributed by atoms with van der Waals surface area (Å²) >= 11 is 0. The highest BCUT2D eigenvalue weighted by Crippen LogP contribution is 2.35. The first-order valence-electron chi connectivity index (χ1n) is 10.1. The monoisotopic (exact) mass is 409 g/mol. The zero-order valence-electron chi connectivity index (χ0n) is 15.9. The van der Waals surface area contributed by atoms with Crippen LogP contribution in [0.4, 0.5) is 0 Å². The molecule has 0 radical (unpaired) electrons. The topological polar surface area (TPSA) is 93.9 Å². The Balaban J connectivity index is 1.53. The summed E-state index contributed by atoms with van der Waals surface area (Å²) in [6.45, 7) is 0.498. The minimum atomic E-state index is -3.56. The van der Waals surface area contributed by atoms with Gasteiger partial charge >= 0.3 is 0 Å². The van der Waals surface area contributed by atoms with Gasteiger partial charge in [-0.3, -0.25) is 9.59 Å². The molecular weight excluding hydrogens is 382 g/mol. The van der Waals surface area contributed by atoms with E-state index in [0.717, 1.165) is 32.1 Å². The van der Waals surface area contributed by atoms with Gasteiger partial charge in [-0.15, -0.1) is 0 Å². The van der Waals surface area contributed by atoms with Gasteiger partial charge in [-0.25, -0.2) is 8.42 Å². The average Bonchev–Trinajstić information content (AvgIpc) is 3.40. The van der Waals surface area contributed by atoms with E-state index in [1.165, 1.54) is 6.26 Å². The average molecular weight is 410 g/mol. The number of likely N-dealkylation sites (tertiary alicyclic amines) is 1. The predicted octanol–water partition coefficient (Wildman–Crippen LogP) is 2.10. The van der Waals surface area contributed by atoms with E-state index in [-0.39, 0.29) is 42.5 Å². The third kappa shape index (κ3) is 3.89. The van der Waals surface area contributed by atoms with Crippen LogP contribution < -0.4 is 0 Å². The second-order valence-corrected chi connectivity index (χ2v) is 10.4. The SMILES string of the molecule is O=C1COC2CCN(C(=O)CC(C3CCCCC3)S(=O)(=O)Cc3ccco3)C12. The molecule has 0 bridgehead atoms. The van der Waals surface area contributed by atoms with Crippen LogP contribution in [0.2, 0.25) is 0 Å². The molecular formula is C20H27NO6S. The molecule has 2 aliphatic heterocycles. The predicted molar refractivity (Wildman–Crippen MR) is 101 cm³/mol. The number of hydrogen-bond acceptors (Lipinski definition) is 6. The first kappa shape index (κ1) is 19.6. The lowest BCUT2D eigenvalue weighted by Crippen LogP contribution is -2.45. The Morgan fingerprint density at radius 1 is 1.21 bits per heavy atom. The van der Waals surface area contributed by atoms with Gasteiger partial charge in [-0.1, -0.05) is 19.3 Å². The first-order chi connectivity index (χ1) is 13.5. The lowest BCUT2D eigenvalue weighted by molar-refractivity contribution is -0.136. The Morgan fingerprint density at radius 2 is 2.00 bits per heavy atom. The van der Waals surface area contributed by atoms with Crippen molar-refractivity contribution in [2.24, 2.45) is 5.92 Å². The largest absolute Gasteiger partial charge is 0.468 e. The second-order valence-electron chi connectivity index (χ2n) is 8.16. The number of carbonyl (C=O) groups is 2. The van der Waals surface area contributed by atoms with Crippen LogP contribution in [0.5, 0.6) is 0 Å². The van der Waals surface area contributed by atoms with Gasteiger partial charge in [0, 0.05) is 13.0 Å². The molecule has 4 rings (SSSR count). The van der Waals surface area contributed by atoms with Crippen molar-refractivity contribution in [1.29, 1.82) is 0 Å². The molecule has 3 fully saturated rings. The molecule has 2 saturated heterocycles. The molecule has 1 aliphatic carbocycles. The number of carbonyl (C=O) groups excluding carboxylic acids is 2. The number of nitrogens with zero attached hydrogens (tertiary/aromatic N) is 1. The maximum absolute atomic E-state index is 13.2. The standard InChI is InChI=1S/C20H27NO6S/c22-16-12-27-17-8-9-21(20(16)17)19(23)11-18(14-5-2-1-3-6-14)28(24,25)13-15-7-4-10-26-15/h4,7,10,14,17-18,20H,1-3,5-6,8-9,11-13H2. The number of ketones is 1. The molecule has 3 aliphatic rings. The van der Waals surface area contributed by atoms with E-state index in [1.54, 1.807) is 17.0 Å². The maximum Gasteiger partial charge on any atom is 0.224 e. The van der Waals surface area contributed by atoms with Gasteiger partial charge in [-0.2, -0.15) is 0 Å². The minimum Gasteiger partial charge on any atom is -0.468 e. The molecule has 0 spiro atoms. The van der Waals surface area contributed by atoms with E-state index in [2.05, 4.69) is 0 Å². The zero-order chi connectivity index (χ0) is 19.7. The molecule has 3 heterocycles. The molecule has 1 aromatic heterocycles. The summed E-state index contributed by atoms with van der Waals surface area (Å²) in [6.07, 6.45) is 6.54. The van der Waals surface area contributed by atoms with E-state index >= 15 is 0 Å². The van der Waals surface area contributed by atoms with Crippen molar-refractivity contribution in [2.45, 2.75) is 68.1 Å². The Morgan fingerprint density at radius 3 is 2.71 bits per heavy atom. The van der Waals surface area contributed by atoms with E-state index in [1.807, 2.05) is 0 Å². The summed E-state index contributed by atoms with van der Waals surface area (Å²) in [5, 5.41) is -0.734. The second kappa shape index (κ2) is 7.99. The number of Topliss-reactive ketones (excluding diaryl/α,β-unsaturated/α-hetero) is 1. The molecule has 154 valence electrons. The fourth-order valence-electron chi connectivity index (χ4n) is 4.96. The summed E-state index contributed by atoms with van der Waals surface area (Å²) in [5.74, 6) is -0.142. The molecule has 3 unspecified atom stereocenters. The van der Waals surface area contributed by atoms with Crippen LogP contribution in [0.1, 0.15) is 50.7 Å². The van der Waals surface area contributed by atoms with E-state index in [4.69, 9.17) is 9.15 Å². The minimum absolute atomic E-state index is 0.0217. The fraction of sp³-hybridized carbons (Fsp3) is 0.700. The zero-order valence-corrected chi connectivity index (χ0v) is 16.7. The van der Waals surface area contributed by atoms with Crippen molar-refractivity contribution in [1.82, 2.24) is 4.90 Å². The lowest BCUT2D eigenvalue weighted by atomic mass is 9.85. The molecule has 0 N–H and O–H groups in total. The summed E-state index contributed by atoms with van der Waals surface area (Å²) in [5.41, 5.74) is 0. The van der Waals surface area contributed by atoms with Gasteiger partial charge in [0.1, 0.15) is 24.2 Å². The molecule has 1 saturated carbocycles. The number of amides is 1. The Hall–Kier alpha value is -1.67. The Kier molecular flexibility index (Phi) is 5.60. The first-order valence-corrected chi connectivity index (χ1v) is 11.8. The number of hydrogen-bond donors (Lipinski definition) is 0. The third-order valence-corrected chi connectivity index (χ3v) is 8.53. The van der Waals surface area contributed by atoms with Gasteiger partial charge in [-0.05, 0) is 37.3 Å². The summed E-state index contributed by atoms with van der Waals surface area (Å²) in [7, 11) is -3.56. The lowest BCUT2D eigenvalue weighted by Gasteiger charge is -2.31. The Bertz CT molecular complexity index is 812. The van der Waals surface area contributed by atoms with Gasteiger partial charge < -0.3 is 14.1 Å². The summed E-state index contributed by atoms with van der Waals surface area (Å²) in [4.78, 5) is 26.7. The quantitative estimate of drug-likeness (QED) is 0.714. The maximum atomic E-state index is 13.2. The number of furan rings is 1. The number of ether oxygens (including phenoxy) is 1. The molecule has 0 aromatic carbocycles. The van der Waals surface area contributed by atoms with Crippen molar-refractivity contribution in [2.75, 3.05) is 13.2 Å². The van der Waals surface area contributed by atoms with Crippen LogP contribution in [0.15, 0.2) is 22.8 Å². The van der Waals surface area contributed by atoms with Crippen LogP contribution in [0.25, 0.3) is 0 Å². The fourth-order valence-corrected chi connectivity index (χ4v) is 6.99. The molecule has 7 nitrogen and oxygen atoms in total. The van der Waals surface area contributed by atoms with Gasteiger partial charge in [0.15, 0.2) is 15.6 Å². The van der Waals surface area contributed by atoms with Crippen molar-refractivity contribution in [3.8, 4) is 0 Å². The van der Waals surface area contributed by atoms with Gasteiger partial charge in [0.25, 0.3) is 0 Å². The van der Waals surface area contributed by atoms with Gasteiger partial charge in [0.2, 0.25) is 5.91 Å². The summed E-state index contributed by atoms with van der Waals surface area (Å²) in [6, 6.07) is 2.78. The van der Waals surface area contributed by atoms with E-state index in [9.17, 15) is 18.0 Å². The van der Waals surface area contributed by atoms with Crippen LogP contribution >= 0.6 is 0 Å². The van der Waals surface area contributed by atoms with Crippen LogP contribution in [0, 0.1) is 5.92 Å². The van der Waals surface area contributed by atoms with Crippen molar-refractivity contribution < 1.29 is 27.2 Å². The summed E-state index contributed by atoms with van der Waals surface area (Å²) < 4.78 is 37.1. The third-order valence-electron chi connectivity index (χ3n) is 6.37. The van der Waals surface area contributed by atoms with Crippen LogP contribution in [-0.4, -0.2) is 55.6 Å². The van der Waals surface area contributed by atoms with Crippen LogP contribution in [0.3, 0.4) is 0 Å². The normalized spacial score (nSPS) is 27.1. The van der Waals surface area contributed by atoms with Crippen molar-refractivity contribution in [3.63, 3.8) is 0 Å². The van der Waals surface area contributed by atoms with Crippen molar-refractivity contribution in [3.05, 3.63) is 24.2 Å². The van der Waals surface area contributed by atoms with Crippen molar-refractivity contribution >= 4 is 21.5 Å². The highest BCUT2D eigenvalue weighted by atomic mass is 32.2. The highest BCUT2D eigenvalue weighted by Gasteiger charge is 2.48. The molecule has 28 heavy (non-hydrogen) atoms. The molecule has 3 atom stereocenters. The number of sulfone groups is 1. The van der Waals surface area contributed by atoms with E-state index < -0.39 is 21.1 Å². The number of rotatable bonds is 6. The number of fused-ring (bicyclic) bond motifs is 1. The van der Waals surface area contributed by atoms with E-state index in [0.29, 0.717) is 18.7 Å². The highest BCUT2D eigenvalue weighted by molar-refractivity contribution is 7.91. The van der Waals surface area contributed by atoms with Crippen LogP contribution in [-0.2, 0) is 29.9 Å². The van der Waals surface area contributed by atoms with Gasteiger partial charge in [0.05, 0.1) is 17.6 Å².